The van der Waals surface area contributed by atoms with Crippen LogP contribution >= 0.6 is 12.4 Å². The summed E-state index contributed by atoms with van der Waals surface area (Å²) in [6.45, 7) is 1.82. The molecule has 1 aromatic carbocycles. The number of fused-ring (bicyclic) bond motifs is 1. The Kier molecular flexibility index (Phi) is 4.45. The van der Waals surface area contributed by atoms with E-state index >= 15 is 0 Å². The number of halogens is 1. The minimum Gasteiger partial charge on any atom is -0.493 e. The lowest BCUT2D eigenvalue weighted by Gasteiger charge is -2.16. The van der Waals surface area contributed by atoms with Gasteiger partial charge >= 0.3 is 0 Å². The van der Waals surface area contributed by atoms with Crippen molar-refractivity contribution in [3.05, 3.63) is 17.7 Å². The number of nitrogens with two attached hydrogens (primary N) is 1. The number of ether oxygens (including phenoxy) is 3. The van der Waals surface area contributed by atoms with Crippen LogP contribution in [0.5, 0.6) is 17.2 Å². The first kappa shape index (κ1) is 13.9. The van der Waals surface area contributed by atoms with Gasteiger partial charge in [-0.25, -0.2) is 0 Å². The minimum atomic E-state index is -0.634. The predicted molar refractivity (Wildman–Crippen MR) is 65.0 cm³/mol. The normalized spacial score (nSPS) is 16.0. The number of hydrogen-bond donors (Lipinski definition) is 2. The zero-order valence-electron chi connectivity index (χ0n) is 9.67. The van der Waals surface area contributed by atoms with Gasteiger partial charge in [-0.15, -0.1) is 12.4 Å². The average molecular weight is 262 g/mol. The Morgan fingerprint density at radius 2 is 2.12 bits per heavy atom. The molecule has 0 fully saturated rings. The smallest absolute Gasteiger partial charge is 0.231 e. The summed E-state index contributed by atoms with van der Waals surface area (Å²) in [5.41, 5.74) is 6.61. The van der Waals surface area contributed by atoms with Gasteiger partial charge in [-0.1, -0.05) is 0 Å². The maximum absolute atomic E-state index is 9.45. The Morgan fingerprint density at radius 3 is 2.71 bits per heavy atom. The zero-order chi connectivity index (χ0) is 11.7. The monoisotopic (exact) mass is 261 g/mol. The molecule has 0 saturated heterocycles. The molecule has 3 N–H and O–H groups in total. The molecule has 0 saturated carbocycles. The Morgan fingerprint density at radius 1 is 1.41 bits per heavy atom. The largest absolute Gasteiger partial charge is 0.493 e. The van der Waals surface area contributed by atoms with Crippen LogP contribution in [-0.4, -0.2) is 25.1 Å². The van der Waals surface area contributed by atoms with E-state index in [1.807, 2.05) is 0 Å². The summed E-state index contributed by atoms with van der Waals surface area (Å²) >= 11 is 0. The molecule has 96 valence electrons. The van der Waals surface area contributed by atoms with E-state index in [4.69, 9.17) is 19.9 Å². The first-order valence-electron chi connectivity index (χ1n) is 5.04. The molecule has 1 aliphatic rings. The van der Waals surface area contributed by atoms with Gasteiger partial charge in [0.1, 0.15) is 0 Å². The molecule has 0 aliphatic carbocycles. The predicted octanol–water partition coefficient (Wildman–Crippen LogP) is 1.23. The van der Waals surface area contributed by atoms with Crippen molar-refractivity contribution in [3.63, 3.8) is 0 Å². The van der Waals surface area contributed by atoms with Gasteiger partial charge in [-0.3, -0.25) is 0 Å². The maximum Gasteiger partial charge on any atom is 0.231 e. The van der Waals surface area contributed by atoms with Crippen LogP contribution in [0.25, 0.3) is 0 Å². The van der Waals surface area contributed by atoms with E-state index < -0.39 is 12.1 Å². The molecular formula is C11H16ClNO4. The molecule has 0 aromatic heterocycles. The molecule has 0 spiro atoms. The maximum atomic E-state index is 9.45. The number of benzene rings is 1. The number of aliphatic hydroxyl groups is 1. The quantitative estimate of drug-likeness (QED) is 0.856. The highest BCUT2D eigenvalue weighted by Crippen LogP contribution is 2.42. The Labute approximate surface area is 106 Å². The first-order valence-corrected chi connectivity index (χ1v) is 5.04. The highest BCUT2D eigenvalue weighted by molar-refractivity contribution is 5.85. The average Bonchev–Trinajstić information content (AvgIpc) is 2.74. The third-order valence-electron chi connectivity index (χ3n) is 2.59. The van der Waals surface area contributed by atoms with Gasteiger partial charge < -0.3 is 25.1 Å². The van der Waals surface area contributed by atoms with Crippen LogP contribution in [-0.2, 0) is 0 Å². The van der Waals surface area contributed by atoms with Crippen molar-refractivity contribution in [2.24, 2.45) is 5.73 Å². The highest BCUT2D eigenvalue weighted by atomic mass is 35.5. The summed E-state index contributed by atoms with van der Waals surface area (Å²) in [5, 5.41) is 9.45. The van der Waals surface area contributed by atoms with Crippen LogP contribution in [0.3, 0.4) is 0 Å². The van der Waals surface area contributed by atoms with Gasteiger partial charge in [-0.2, -0.15) is 0 Å². The van der Waals surface area contributed by atoms with Gasteiger partial charge in [0, 0.05) is 0 Å². The van der Waals surface area contributed by atoms with Crippen LogP contribution < -0.4 is 19.9 Å². The standard InChI is InChI=1S/C11H15NO4.ClH/c1-6(13)10(12)7-3-8(14-2)11-9(4-7)15-5-16-11;/h3-4,6,10,13H,5,12H2,1-2H3;1H/t6-,10-;/m0./s1. The van der Waals surface area contributed by atoms with Gasteiger partial charge in [0.25, 0.3) is 0 Å². The summed E-state index contributed by atoms with van der Waals surface area (Å²) in [5.74, 6) is 1.76. The topological polar surface area (TPSA) is 73.9 Å². The van der Waals surface area contributed by atoms with E-state index in [9.17, 15) is 5.11 Å². The van der Waals surface area contributed by atoms with Crippen LogP contribution in [0.4, 0.5) is 0 Å². The molecule has 1 aliphatic heterocycles. The number of aliphatic hydroxyl groups excluding tert-OH is 1. The van der Waals surface area contributed by atoms with Crippen molar-refractivity contribution >= 4 is 12.4 Å². The summed E-state index contributed by atoms with van der Waals surface area (Å²) in [7, 11) is 1.55. The fourth-order valence-corrected chi connectivity index (χ4v) is 1.62. The van der Waals surface area contributed by atoms with Gasteiger partial charge in [0.15, 0.2) is 11.5 Å². The highest BCUT2D eigenvalue weighted by Gasteiger charge is 2.23. The Bertz CT molecular complexity index is 397. The van der Waals surface area contributed by atoms with E-state index in [1.165, 1.54) is 0 Å². The van der Waals surface area contributed by atoms with Crippen molar-refractivity contribution in [1.29, 1.82) is 0 Å². The van der Waals surface area contributed by atoms with Crippen LogP contribution in [0.2, 0.25) is 0 Å². The number of rotatable bonds is 3. The van der Waals surface area contributed by atoms with Gasteiger partial charge in [0.05, 0.1) is 19.3 Å². The molecule has 1 heterocycles. The van der Waals surface area contributed by atoms with Crippen LogP contribution in [0.15, 0.2) is 12.1 Å². The Hall–Kier alpha value is -1.17. The lowest BCUT2D eigenvalue weighted by Crippen LogP contribution is -2.23. The molecule has 0 bridgehead atoms. The van der Waals surface area contributed by atoms with E-state index in [0.29, 0.717) is 17.2 Å². The van der Waals surface area contributed by atoms with Crippen molar-refractivity contribution in [3.8, 4) is 17.2 Å². The molecule has 1 aromatic rings. The zero-order valence-corrected chi connectivity index (χ0v) is 10.5. The third kappa shape index (κ3) is 2.57. The lowest BCUT2D eigenvalue weighted by molar-refractivity contribution is 0.164. The second-order valence-corrected chi connectivity index (χ2v) is 3.72. The fraction of sp³-hybridized carbons (Fsp3) is 0.455. The molecule has 0 unspecified atom stereocenters. The number of hydrogen-bond acceptors (Lipinski definition) is 5. The summed E-state index contributed by atoms with van der Waals surface area (Å²) < 4.78 is 15.7. The summed E-state index contributed by atoms with van der Waals surface area (Å²) in [4.78, 5) is 0. The summed E-state index contributed by atoms with van der Waals surface area (Å²) in [6.07, 6.45) is -0.634. The summed E-state index contributed by atoms with van der Waals surface area (Å²) in [6, 6.07) is 3.05. The SMILES string of the molecule is COc1cc([C@@H](N)[C@H](C)O)cc2c1OCO2.Cl. The fourth-order valence-electron chi connectivity index (χ4n) is 1.62. The van der Waals surface area contributed by atoms with E-state index in [-0.39, 0.29) is 19.2 Å². The van der Waals surface area contributed by atoms with E-state index in [1.54, 1.807) is 26.2 Å². The Balaban J connectivity index is 0.00000144. The van der Waals surface area contributed by atoms with Gasteiger partial charge in [0.2, 0.25) is 12.5 Å². The van der Waals surface area contributed by atoms with Crippen molar-refractivity contribution in [2.45, 2.75) is 19.1 Å². The number of methoxy groups -OCH3 is 1. The second kappa shape index (κ2) is 5.44. The second-order valence-electron chi connectivity index (χ2n) is 3.72. The molecular weight excluding hydrogens is 246 g/mol. The van der Waals surface area contributed by atoms with E-state index in [0.717, 1.165) is 5.56 Å². The van der Waals surface area contributed by atoms with Gasteiger partial charge in [-0.05, 0) is 24.6 Å². The lowest BCUT2D eigenvalue weighted by atomic mass is 10.0. The van der Waals surface area contributed by atoms with E-state index in [2.05, 4.69) is 0 Å². The van der Waals surface area contributed by atoms with Crippen LogP contribution in [0.1, 0.15) is 18.5 Å². The molecule has 0 radical (unpaired) electrons. The van der Waals surface area contributed by atoms with Crippen molar-refractivity contribution < 1.29 is 19.3 Å². The van der Waals surface area contributed by atoms with Crippen molar-refractivity contribution in [2.75, 3.05) is 13.9 Å². The molecule has 2 atom stereocenters. The van der Waals surface area contributed by atoms with Crippen LogP contribution in [0, 0.1) is 0 Å². The third-order valence-corrected chi connectivity index (χ3v) is 2.59. The van der Waals surface area contributed by atoms with Crippen molar-refractivity contribution in [1.82, 2.24) is 0 Å². The molecule has 5 nitrogen and oxygen atoms in total. The minimum absolute atomic E-state index is 0. The molecule has 2 rings (SSSR count). The molecule has 17 heavy (non-hydrogen) atoms. The first-order chi connectivity index (χ1) is 7.63. The molecule has 0 amide bonds. The molecule has 6 heteroatoms.